The molecule has 0 unspecified atom stereocenters. The second-order valence-corrected chi connectivity index (χ2v) is 7.18. The highest BCUT2D eigenvalue weighted by atomic mass is 79.9. The number of esters is 1. The lowest BCUT2D eigenvalue weighted by atomic mass is 10.1. The number of aromatic nitrogens is 2. The Morgan fingerprint density at radius 1 is 1.35 bits per heavy atom. The van der Waals surface area contributed by atoms with Crippen LogP contribution in [0.1, 0.15) is 43.7 Å². The van der Waals surface area contributed by atoms with Crippen LogP contribution in [0.15, 0.2) is 16.6 Å². The van der Waals surface area contributed by atoms with E-state index in [-0.39, 0.29) is 24.6 Å². The normalized spacial score (nSPS) is 11.7. The summed E-state index contributed by atoms with van der Waals surface area (Å²) in [7, 11) is 0. The summed E-state index contributed by atoms with van der Waals surface area (Å²) in [4.78, 5) is 23.9. The number of hydrogen-bond acceptors (Lipinski definition) is 5. The van der Waals surface area contributed by atoms with Crippen molar-refractivity contribution in [2.24, 2.45) is 0 Å². The van der Waals surface area contributed by atoms with Crippen LogP contribution in [0.2, 0.25) is 0 Å². The molecular formula is C16H19BrN2O4. The van der Waals surface area contributed by atoms with E-state index in [0.717, 1.165) is 4.47 Å². The molecular weight excluding hydrogens is 364 g/mol. The second kappa shape index (κ2) is 6.41. The number of carbonyl (C=O) groups is 2. The number of fused-ring (bicyclic) bond motifs is 1. The summed E-state index contributed by atoms with van der Waals surface area (Å²) in [6.07, 6.45) is 0. The standard InChI is InChI=1S/C16H19BrN2O4/c1-9(21)14-12-6-11(17)5-10(8-20)15(12)19(18-14)7-13(22)23-16(2,3)4/h5-6,20H,7-8H2,1-4H3. The maximum atomic E-state index is 12.1. The summed E-state index contributed by atoms with van der Waals surface area (Å²) in [6.45, 7) is 6.40. The summed E-state index contributed by atoms with van der Waals surface area (Å²) in [5.74, 6) is -0.663. The van der Waals surface area contributed by atoms with E-state index in [9.17, 15) is 14.7 Å². The van der Waals surface area contributed by atoms with Crippen LogP contribution in [0.25, 0.3) is 10.9 Å². The van der Waals surface area contributed by atoms with Gasteiger partial charge >= 0.3 is 5.97 Å². The van der Waals surface area contributed by atoms with Crippen molar-refractivity contribution in [3.05, 3.63) is 27.9 Å². The van der Waals surface area contributed by atoms with Gasteiger partial charge in [0, 0.05) is 22.3 Å². The van der Waals surface area contributed by atoms with Crippen molar-refractivity contribution in [2.45, 2.75) is 46.4 Å². The molecule has 23 heavy (non-hydrogen) atoms. The largest absolute Gasteiger partial charge is 0.459 e. The first-order chi connectivity index (χ1) is 10.6. The first-order valence-corrected chi connectivity index (χ1v) is 7.94. The number of halogens is 1. The zero-order valence-corrected chi connectivity index (χ0v) is 15.1. The summed E-state index contributed by atoms with van der Waals surface area (Å²) >= 11 is 3.36. The fourth-order valence-corrected chi connectivity index (χ4v) is 2.86. The van der Waals surface area contributed by atoms with Gasteiger partial charge in [-0.15, -0.1) is 0 Å². The monoisotopic (exact) mass is 382 g/mol. The number of Topliss-reactive ketones (excluding diaryl/α,β-unsaturated/α-hetero) is 1. The van der Waals surface area contributed by atoms with E-state index in [1.54, 1.807) is 32.9 Å². The SMILES string of the molecule is CC(=O)c1nn(CC(=O)OC(C)(C)C)c2c(CO)cc(Br)cc12. The van der Waals surface area contributed by atoms with E-state index in [1.165, 1.54) is 11.6 Å². The van der Waals surface area contributed by atoms with Gasteiger partial charge < -0.3 is 9.84 Å². The highest BCUT2D eigenvalue weighted by Crippen LogP contribution is 2.28. The minimum atomic E-state index is -0.605. The smallest absolute Gasteiger partial charge is 0.328 e. The number of ketones is 1. The van der Waals surface area contributed by atoms with E-state index in [2.05, 4.69) is 21.0 Å². The highest BCUT2D eigenvalue weighted by molar-refractivity contribution is 9.10. The lowest BCUT2D eigenvalue weighted by Crippen LogP contribution is -2.27. The summed E-state index contributed by atoms with van der Waals surface area (Å²) in [5.41, 5.74) is 0.802. The van der Waals surface area contributed by atoms with Crippen molar-refractivity contribution in [1.29, 1.82) is 0 Å². The van der Waals surface area contributed by atoms with Crippen LogP contribution in [-0.2, 0) is 22.7 Å². The molecule has 6 nitrogen and oxygen atoms in total. The quantitative estimate of drug-likeness (QED) is 0.649. The van der Waals surface area contributed by atoms with Gasteiger partial charge in [-0.05, 0) is 32.9 Å². The van der Waals surface area contributed by atoms with Crippen molar-refractivity contribution < 1.29 is 19.4 Å². The maximum Gasteiger partial charge on any atom is 0.328 e. The Kier molecular flexibility index (Phi) is 4.91. The van der Waals surface area contributed by atoms with Gasteiger partial charge in [-0.3, -0.25) is 14.3 Å². The number of hydrogen-bond donors (Lipinski definition) is 1. The molecule has 0 spiro atoms. The van der Waals surface area contributed by atoms with Gasteiger partial charge in [-0.2, -0.15) is 5.10 Å². The molecule has 124 valence electrons. The molecule has 2 aromatic rings. The molecule has 2 rings (SSSR count). The number of benzene rings is 1. The van der Waals surface area contributed by atoms with Gasteiger partial charge in [0.25, 0.3) is 0 Å². The van der Waals surface area contributed by atoms with Crippen LogP contribution in [0.4, 0.5) is 0 Å². The number of aliphatic hydroxyl groups excluding tert-OH is 1. The number of carbonyl (C=O) groups excluding carboxylic acids is 2. The summed E-state index contributed by atoms with van der Waals surface area (Å²) < 4.78 is 7.45. The Hall–Kier alpha value is -1.73. The number of rotatable bonds is 4. The third-order valence-corrected chi connectivity index (χ3v) is 3.55. The molecule has 0 amide bonds. The minimum absolute atomic E-state index is 0.129. The number of ether oxygens (including phenoxy) is 1. The van der Waals surface area contributed by atoms with Gasteiger partial charge in [0.2, 0.25) is 0 Å². The van der Waals surface area contributed by atoms with Gasteiger partial charge in [0.15, 0.2) is 5.78 Å². The molecule has 0 aliphatic carbocycles. The molecule has 0 aliphatic rings. The molecule has 0 aliphatic heterocycles. The predicted molar refractivity (Wildman–Crippen MR) is 89.2 cm³/mol. The van der Waals surface area contributed by atoms with E-state index >= 15 is 0 Å². The third-order valence-electron chi connectivity index (χ3n) is 3.09. The fraction of sp³-hybridized carbons (Fsp3) is 0.438. The molecule has 7 heteroatoms. The Morgan fingerprint density at radius 3 is 2.52 bits per heavy atom. The Morgan fingerprint density at radius 2 is 2.00 bits per heavy atom. The Labute approximate surface area is 142 Å². The lowest BCUT2D eigenvalue weighted by Gasteiger charge is -2.19. The van der Waals surface area contributed by atoms with E-state index in [0.29, 0.717) is 16.5 Å². The average Bonchev–Trinajstić information content (AvgIpc) is 2.74. The zero-order chi connectivity index (χ0) is 17.4. The molecule has 0 bridgehead atoms. The first kappa shape index (κ1) is 17.6. The van der Waals surface area contributed by atoms with Gasteiger partial charge in [0.1, 0.15) is 17.8 Å². The molecule has 0 fully saturated rings. The van der Waals surface area contributed by atoms with Crippen LogP contribution in [-0.4, -0.2) is 32.2 Å². The van der Waals surface area contributed by atoms with Gasteiger partial charge in [-0.1, -0.05) is 15.9 Å². The van der Waals surface area contributed by atoms with Crippen LogP contribution in [0, 0.1) is 0 Å². The van der Waals surface area contributed by atoms with Gasteiger partial charge in [-0.25, -0.2) is 0 Å². The molecule has 1 N–H and O–H groups in total. The molecule has 0 radical (unpaired) electrons. The van der Waals surface area contributed by atoms with Crippen LogP contribution >= 0.6 is 15.9 Å². The van der Waals surface area contributed by atoms with E-state index < -0.39 is 11.6 Å². The summed E-state index contributed by atoms with van der Waals surface area (Å²) in [5, 5.41) is 14.4. The molecule has 0 saturated carbocycles. The van der Waals surface area contributed by atoms with Gasteiger partial charge in [0.05, 0.1) is 12.1 Å². The molecule has 0 atom stereocenters. The fourth-order valence-electron chi connectivity index (χ4n) is 2.36. The van der Waals surface area contributed by atoms with Crippen molar-refractivity contribution in [2.75, 3.05) is 0 Å². The Balaban J connectivity index is 2.55. The predicted octanol–water partition coefficient (Wildman–Crippen LogP) is 2.84. The van der Waals surface area contributed by atoms with Crippen LogP contribution in [0.3, 0.4) is 0 Å². The Bertz CT molecular complexity index is 774. The molecule has 1 heterocycles. The highest BCUT2D eigenvalue weighted by Gasteiger charge is 2.22. The molecule has 1 aromatic heterocycles. The maximum absolute atomic E-state index is 12.1. The van der Waals surface area contributed by atoms with E-state index in [4.69, 9.17) is 4.74 Å². The van der Waals surface area contributed by atoms with Crippen molar-refractivity contribution in [3.8, 4) is 0 Å². The van der Waals surface area contributed by atoms with E-state index in [1.807, 2.05) is 0 Å². The van der Waals surface area contributed by atoms with Crippen LogP contribution < -0.4 is 0 Å². The first-order valence-electron chi connectivity index (χ1n) is 7.15. The summed E-state index contributed by atoms with van der Waals surface area (Å²) in [6, 6.07) is 3.49. The topological polar surface area (TPSA) is 81.4 Å². The minimum Gasteiger partial charge on any atom is -0.459 e. The number of nitrogens with zero attached hydrogens (tertiary/aromatic N) is 2. The average molecular weight is 383 g/mol. The van der Waals surface area contributed by atoms with Crippen molar-refractivity contribution in [3.63, 3.8) is 0 Å². The third kappa shape index (κ3) is 3.97. The second-order valence-electron chi connectivity index (χ2n) is 6.27. The van der Waals surface area contributed by atoms with Crippen molar-refractivity contribution >= 4 is 38.6 Å². The van der Waals surface area contributed by atoms with Crippen LogP contribution in [0.5, 0.6) is 0 Å². The zero-order valence-electron chi connectivity index (χ0n) is 13.5. The lowest BCUT2D eigenvalue weighted by molar-refractivity contribution is -0.155. The number of aliphatic hydroxyl groups is 1. The molecule has 1 aromatic carbocycles. The molecule has 0 saturated heterocycles. The van der Waals surface area contributed by atoms with Crippen molar-refractivity contribution in [1.82, 2.24) is 9.78 Å².